The van der Waals surface area contributed by atoms with Crippen LogP contribution in [0.4, 0.5) is 4.79 Å². The highest BCUT2D eigenvalue weighted by molar-refractivity contribution is 7.52. The fourth-order valence-corrected chi connectivity index (χ4v) is 1.71. The lowest BCUT2D eigenvalue weighted by Crippen LogP contribution is -2.27. The van der Waals surface area contributed by atoms with E-state index in [0.717, 1.165) is 5.56 Å². The van der Waals surface area contributed by atoms with Gasteiger partial charge in [-0.15, -0.1) is 0 Å². The molecule has 1 unspecified atom stereocenters. The van der Waals surface area contributed by atoms with Gasteiger partial charge in [-0.05, 0) is 5.56 Å². The van der Waals surface area contributed by atoms with Crippen LogP contribution in [0, 0.1) is 0 Å². The molecule has 0 radical (unpaired) electrons. The summed E-state index contributed by atoms with van der Waals surface area (Å²) in [4.78, 5) is 28.5. The van der Waals surface area contributed by atoms with Crippen molar-refractivity contribution in [3.63, 3.8) is 0 Å². The maximum Gasteiger partial charge on any atom is 0.407 e. The summed E-state index contributed by atoms with van der Waals surface area (Å²) in [7, 11) is -4.52. The first kappa shape index (κ1) is 15.7. The Kier molecular flexibility index (Phi) is 5.98. The molecule has 0 aliphatic heterocycles. The molecule has 1 aromatic carbocycles. The fourth-order valence-electron chi connectivity index (χ4n) is 1.25. The summed E-state index contributed by atoms with van der Waals surface area (Å²) in [6.07, 6.45) is -0.952. The standard InChI is InChI=1S/C11H16NO6P/c13-10(19(15,16)17)6-7-12-11(14)18-8-9-4-2-1-3-5-9/h1-5,10,13H,6-8H2,(H,12,14)(H2,15,16,17). The number of aliphatic hydroxyl groups is 1. The highest BCUT2D eigenvalue weighted by Crippen LogP contribution is 2.40. The van der Waals surface area contributed by atoms with Crippen molar-refractivity contribution >= 4 is 13.7 Å². The zero-order chi connectivity index (χ0) is 14.3. The average molecular weight is 289 g/mol. The Morgan fingerprint density at radius 1 is 1.32 bits per heavy atom. The first-order valence-electron chi connectivity index (χ1n) is 5.57. The van der Waals surface area contributed by atoms with Gasteiger partial charge in [-0.2, -0.15) is 0 Å². The van der Waals surface area contributed by atoms with Gasteiger partial charge in [0.2, 0.25) is 0 Å². The minimum Gasteiger partial charge on any atom is -0.445 e. The number of carbonyl (C=O) groups is 1. The molecule has 106 valence electrons. The molecule has 0 saturated carbocycles. The SMILES string of the molecule is O=C(NCCC(O)P(=O)(O)O)OCc1ccccc1. The molecule has 0 fully saturated rings. The Morgan fingerprint density at radius 3 is 2.53 bits per heavy atom. The quantitative estimate of drug-likeness (QED) is 0.576. The van der Waals surface area contributed by atoms with E-state index in [4.69, 9.17) is 19.6 Å². The second-order valence-corrected chi connectivity index (χ2v) is 5.62. The van der Waals surface area contributed by atoms with Crippen LogP contribution < -0.4 is 5.32 Å². The molecule has 1 amide bonds. The Bertz CT molecular complexity index is 446. The third-order valence-electron chi connectivity index (χ3n) is 2.27. The van der Waals surface area contributed by atoms with Crippen molar-refractivity contribution in [3.05, 3.63) is 35.9 Å². The van der Waals surface area contributed by atoms with Crippen LogP contribution in [0.2, 0.25) is 0 Å². The third kappa shape index (κ3) is 6.35. The van der Waals surface area contributed by atoms with Crippen LogP contribution in [-0.4, -0.2) is 33.4 Å². The summed E-state index contributed by atoms with van der Waals surface area (Å²) in [5.74, 6) is -1.78. The Hall–Kier alpha value is -1.40. The number of rotatable bonds is 6. The van der Waals surface area contributed by atoms with Crippen molar-refractivity contribution in [2.75, 3.05) is 6.54 Å². The van der Waals surface area contributed by atoms with Crippen LogP contribution in [0.25, 0.3) is 0 Å². The summed E-state index contributed by atoms with van der Waals surface area (Å²) in [5, 5.41) is 11.3. The molecule has 0 aliphatic rings. The number of hydrogen-bond acceptors (Lipinski definition) is 4. The van der Waals surface area contributed by atoms with Gasteiger partial charge in [0.05, 0.1) is 0 Å². The molecule has 0 saturated heterocycles. The van der Waals surface area contributed by atoms with E-state index in [1.54, 1.807) is 12.1 Å². The van der Waals surface area contributed by atoms with Crippen molar-refractivity contribution in [1.29, 1.82) is 0 Å². The molecule has 19 heavy (non-hydrogen) atoms. The Balaban J connectivity index is 2.20. The molecule has 7 nitrogen and oxygen atoms in total. The molecule has 4 N–H and O–H groups in total. The second-order valence-electron chi connectivity index (χ2n) is 3.85. The van der Waals surface area contributed by atoms with Gasteiger partial charge in [-0.25, -0.2) is 4.79 Å². The van der Waals surface area contributed by atoms with Crippen molar-refractivity contribution in [1.82, 2.24) is 5.32 Å². The monoisotopic (exact) mass is 289 g/mol. The third-order valence-corrected chi connectivity index (χ3v) is 3.31. The van der Waals surface area contributed by atoms with Gasteiger partial charge in [0.1, 0.15) is 6.61 Å². The lowest BCUT2D eigenvalue weighted by Gasteiger charge is -2.12. The Labute approximate surface area is 110 Å². The number of benzene rings is 1. The van der Waals surface area contributed by atoms with Crippen LogP contribution in [-0.2, 0) is 15.9 Å². The molecule has 1 atom stereocenters. The Morgan fingerprint density at radius 2 is 1.95 bits per heavy atom. The molecule has 0 spiro atoms. The van der Waals surface area contributed by atoms with Crippen molar-refractivity contribution in [2.45, 2.75) is 18.9 Å². The summed E-state index contributed by atoms with van der Waals surface area (Å²) >= 11 is 0. The number of alkyl carbamates (subject to hydrolysis) is 1. The first-order chi connectivity index (χ1) is 8.89. The van der Waals surface area contributed by atoms with Gasteiger partial charge in [0, 0.05) is 13.0 Å². The number of nitrogens with one attached hydrogen (secondary N) is 1. The molecule has 0 heterocycles. The van der Waals surface area contributed by atoms with Crippen molar-refractivity contribution in [3.8, 4) is 0 Å². The topological polar surface area (TPSA) is 116 Å². The van der Waals surface area contributed by atoms with Gasteiger partial charge in [-0.1, -0.05) is 30.3 Å². The van der Waals surface area contributed by atoms with Crippen LogP contribution >= 0.6 is 7.60 Å². The zero-order valence-corrected chi connectivity index (χ0v) is 11.0. The highest BCUT2D eigenvalue weighted by atomic mass is 31.2. The molecule has 0 aromatic heterocycles. The molecular weight excluding hydrogens is 273 g/mol. The van der Waals surface area contributed by atoms with Crippen LogP contribution in [0.15, 0.2) is 30.3 Å². The lowest BCUT2D eigenvalue weighted by atomic mass is 10.2. The predicted octanol–water partition coefficient (Wildman–Crippen LogP) is 0.799. The largest absolute Gasteiger partial charge is 0.445 e. The zero-order valence-electron chi connectivity index (χ0n) is 10.1. The van der Waals surface area contributed by atoms with Crippen LogP contribution in [0.3, 0.4) is 0 Å². The van der Waals surface area contributed by atoms with E-state index in [9.17, 15) is 9.36 Å². The number of amides is 1. The van der Waals surface area contributed by atoms with Gasteiger partial charge in [-0.3, -0.25) is 4.57 Å². The van der Waals surface area contributed by atoms with E-state index in [2.05, 4.69) is 5.32 Å². The lowest BCUT2D eigenvalue weighted by molar-refractivity contribution is 0.137. The number of carbonyl (C=O) groups excluding carboxylic acids is 1. The molecule has 1 rings (SSSR count). The van der Waals surface area contributed by atoms with Crippen molar-refractivity contribution in [2.24, 2.45) is 0 Å². The summed E-state index contributed by atoms with van der Waals surface area (Å²) in [5.41, 5.74) is 0.827. The molecule has 8 heteroatoms. The van der Waals surface area contributed by atoms with E-state index in [-0.39, 0.29) is 19.6 Å². The van der Waals surface area contributed by atoms with E-state index in [0.29, 0.717) is 0 Å². The summed E-state index contributed by atoms with van der Waals surface area (Å²) in [6, 6.07) is 9.06. The average Bonchev–Trinajstić information content (AvgIpc) is 2.36. The predicted molar refractivity (Wildman–Crippen MR) is 67.3 cm³/mol. The van der Waals surface area contributed by atoms with Gasteiger partial charge >= 0.3 is 13.7 Å². The smallest absolute Gasteiger partial charge is 0.407 e. The summed E-state index contributed by atoms with van der Waals surface area (Å²) < 4.78 is 15.5. The van der Waals surface area contributed by atoms with Gasteiger partial charge in [0.15, 0.2) is 5.85 Å². The van der Waals surface area contributed by atoms with E-state index in [1.165, 1.54) is 0 Å². The van der Waals surface area contributed by atoms with Crippen molar-refractivity contribution < 1.29 is 29.0 Å². The fraction of sp³-hybridized carbons (Fsp3) is 0.364. The van der Waals surface area contributed by atoms with E-state index < -0.39 is 19.5 Å². The van der Waals surface area contributed by atoms with Gasteiger partial charge < -0.3 is 24.9 Å². The summed E-state index contributed by atoms with van der Waals surface area (Å²) in [6.45, 7) is 0.0214. The minimum atomic E-state index is -4.52. The normalized spacial score (nSPS) is 12.8. The van der Waals surface area contributed by atoms with Crippen LogP contribution in [0.5, 0.6) is 0 Å². The number of ether oxygens (including phenoxy) is 1. The molecule has 0 aliphatic carbocycles. The second kappa shape index (κ2) is 7.25. The molecular formula is C11H16NO6P. The molecule has 0 bridgehead atoms. The number of aliphatic hydroxyl groups excluding tert-OH is 1. The van der Waals surface area contributed by atoms with Gasteiger partial charge in [0.25, 0.3) is 0 Å². The molecule has 1 aromatic rings. The minimum absolute atomic E-state index is 0.0834. The van der Waals surface area contributed by atoms with E-state index >= 15 is 0 Å². The maximum absolute atomic E-state index is 11.2. The number of hydrogen-bond donors (Lipinski definition) is 4. The van der Waals surface area contributed by atoms with E-state index in [1.807, 2.05) is 18.2 Å². The maximum atomic E-state index is 11.2. The highest BCUT2D eigenvalue weighted by Gasteiger charge is 2.25. The van der Waals surface area contributed by atoms with Crippen LogP contribution in [0.1, 0.15) is 12.0 Å². The first-order valence-corrected chi connectivity index (χ1v) is 7.25.